The van der Waals surface area contributed by atoms with Gasteiger partial charge in [-0.3, -0.25) is 9.79 Å². The third-order valence-corrected chi connectivity index (χ3v) is 5.38. The Morgan fingerprint density at radius 2 is 1.86 bits per heavy atom. The van der Waals surface area contributed by atoms with Crippen LogP contribution >= 0.6 is 35.0 Å². The van der Waals surface area contributed by atoms with Crippen LogP contribution in [0.25, 0.3) is 0 Å². The average Bonchev–Trinajstić information content (AvgIpc) is 2.95. The van der Waals surface area contributed by atoms with Crippen molar-refractivity contribution in [3.05, 3.63) is 58.1 Å². The number of hydrogen-bond donors (Lipinski definition) is 1. The number of benzene rings is 2. The molecular formula is C20H19Cl2N3O2S. The first-order valence-corrected chi connectivity index (χ1v) is 10.2. The number of nitrogens with zero attached hydrogens (tertiary/aromatic N) is 2. The lowest BCUT2D eigenvalue weighted by Gasteiger charge is -2.09. The first-order valence-electron chi connectivity index (χ1n) is 8.49. The van der Waals surface area contributed by atoms with Gasteiger partial charge in [-0.25, -0.2) is 4.99 Å². The van der Waals surface area contributed by atoms with Crippen LogP contribution in [-0.4, -0.2) is 35.2 Å². The fourth-order valence-corrected chi connectivity index (χ4v) is 4.03. The summed E-state index contributed by atoms with van der Waals surface area (Å²) in [6, 6.07) is 12.4. The maximum atomic E-state index is 12.3. The molecule has 28 heavy (non-hydrogen) atoms. The molecule has 3 rings (SSSR count). The molecule has 0 radical (unpaired) electrons. The van der Waals surface area contributed by atoms with Gasteiger partial charge in [0.05, 0.1) is 17.9 Å². The molecule has 1 N–H and O–H groups in total. The fraction of sp³-hybridized carbons (Fsp3) is 0.250. The average molecular weight is 436 g/mol. The van der Waals surface area contributed by atoms with Crippen LogP contribution < -0.4 is 10.1 Å². The number of anilines is 1. The zero-order valence-corrected chi connectivity index (χ0v) is 18.0. The summed E-state index contributed by atoms with van der Waals surface area (Å²) in [7, 11) is 1.60. The quantitative estimate of drug-likeness (QED) is 0.691. The van der Waals surface area contributed by atoms with E-state index in [-0.39, 0.29) is 11.7 Å². The van der Waals surface area contributed by atoms with Crippen molar-refractivity contribution in [3.63, 3.8) is 0 Å². The zero-order chi connectivity index (χ0) is 20.3. The maximum absolute atomic E-state index is 12.3. The predicted molar refractivity (Wildman–Crippen MR) is 119 cm³/mol. The van der Waals surface area contributed by atoms with Crippen molar-refractivity contribution >= 4 is 57.3 Å². The number of hydrogen-bond acceptors (Lipinski definition) is 5. The van der Waals surface area contributed by atoms with E-state index in [4.69, 9.17) is 27.9 Å². The third kappa shape index (κ3) is 5.07. The number of ether oxygens (including phenoxy) is 1. The van der Waals surface area contributed by atoms with E-state index < -0.39 is 5.66 Å². The van der Waals surface area contributed by atoms with Gasteiger partial charge in [0.25, 0.3) is 0 Å². The first-order chi connectivity index (χ1) is 13.3. The number of thioether (sulfide) groups is 1. The predicted octanol–water partition coefficient (Wildman–Crippen LogP) is 5.31. The number of halogens is 2. The van der Waals surface area contributed by atoms with Crippen molar-refractivity contribution in [1.29, 1.82) is 0 Å². The van der Waals surface area contributed by atoms with Crippen LogP contribution in [0.15, 0.2) is 52.4 Å². The van der Waals surface area contributed by atoms with Gasteiger partial charge >= 0.3 is 0 Å². The van der Waals surface area contributed by atoms with Crippen molar-refractivity contribution in [2.24, 2.45) is 9.98 Å². The summed E-state index contributed by atoms with van der Waals surface area (Å²) in [6.45, 7) is 3.81. The van der Waals surface area contributed by atoms with Gasteiger partial charge in [-0.2, -0.15) is 0 Å². The summed E-state index contributed by atoms with van der Waals surface area (Å²) in [4.78, 5) is 21.6. The molecule has 2 aromatic carbocycles. The van der Waals surface area contributed by atoms with Gasteiger partial charge in [0, 0.05) is 16.3 Å². The zero-order valence-electron chi connectivity index (χ0n) is 15.6. The Balaban J connectivity index is 1.69. The third-order valence-electron chi connectivity index (χ3n) is 3.86. The van der Waals surface area contributed by atoms with Crippen molar-refractivity contribution in [2.75, 3.05) is 18.2 Å². The monoisotopic (exact) mass is 435 g/mol. The Morgan fingerprint density at radius 3 is 2.50 bits per heavy atom. The van der Waals surface area contributed by atoms with E-state index in [1.807, 2.05) is 19.9 Å². The summed E-state index contributed by atoms with van der Waals surface area (Å²) in [5.74, 6) is 0.797. The van der Waals surface area contributed by atoms with Gasteiger partial charge in [-0.15, -0.1) is 0 Å². The molecule has 1 amide bonds. The summed E-state index contributed by atoms with van der Waals surface area (Å²) in [6.07, 6.45) is 0. The van der Waals surface area contributed by atoms with Crippen LogP contribution in [0.5, 0.6) is 5.75 Å². The largest absolute Gasteiger partial charge is 0.497 e. The van der Waals surface area contributed by atoms with Crippen LogP contribution in [0.2, 0.25) is 10.0 Å². The SMILES string of the molecule is COc1ccc(NC(=O)CSC2=NC(C)(C)N=C2c2ccc(Cl)cc2Cl)cc1. The molecule has 5 nitrogen and oxygen atoms in total. The molecule has 0 aliphatic carbocycles. The molecule has 0 fully saturated rings. The Hall–Kier alpha value is -2.02. The van der Waals surface area contributed by atoms with Crippen LogP contribution in [0.3, 0.4) is 0 Å². The lowest BCUT2D eigenvalue weighted by molar-refractivity contribution is -0.113. The number of amides is 1. The standard InChI is InChI=1S/C20H19Cl2N3O2S/c1-20(2)24-18(15-9-4-12(21)10-16(15)22)19(25-20)28-11-17(26)23-13-5-7-14(27-3)8-6-13/h4-10H,11H2,1-3H3,(H,23,26). The molecule has 0 unspecified atom stereocenters. The Kier molecular flexibility index (Phi) is 6.33. The highest BCUT2D eigenvalue weighted by molar-refractivity contribution is 8.16. The molecule has 0 atom stereocenters. The second kappa shape index (κ2) is 8.55. The Labute approximate surface area is 178 Å². The highest BCUT2D eigenvalue weighted by Gasteiger charge is 2.29. The normalized spacial score (nSPS) is 15.0. The molecule has 0 saturated heterocycles. The van der Waals surface area contributed by atoms with E-state index in [0.717, 1.165) is 11.3 Å². The second-order valence-electron chi connectivity index (χ2n) is 6.56. The number of carbonyl (C=O) groups excluding carboxylic acids is 1. The molecule has 1 heterocycles. The maximum Gasteiger partial charge on any atom is 0.234 e. The molecule has 1 aliphatic heterocycles. The minimum absolute atomic E-state index is 0.135. The van der Waals surface area contributed by atoms with E-state index in [2.05, 4.69) is 15.3 Å². The van der Waals surface area contributed by atoms with Gasteiger partial charge in [0.15, 0.2) is 0 Å². The summed E-state index contributed by atoms with van der Waals surface area (Å²) < 4.78 is 5.11. The number of nitrogens with one attached hydrogen (secondary N) is 1. The van der Waals surface area contributed by atoms with E-state index >= 15 is 0 Å². The van der Waals surface area contributed by atoms with Crippen LogP contribution in [-0.2, 0) is 4.79 Å². The van der Waals surface area contributed by atoms with E-state index in [9.17, 15) is 4.79 Å². The van der Waals surface area contributed by atoms with E-state index in [1.54, 1.807) is 43.5 Å². The Morgan fingerprint density at radius 1 is 1.14 bits per heavy atom. The summed E-state index contributed by atoms with van der Waals surface area (Å²) in [5, 5.41) is 4.59. The Bertz CT molecular complexity index is 956. The lowest BCUT2D eigenvalue weighted by Crippen LogP contribution is -2.18. The van der Waals surface area contributed by atoms with Gasteiger partial charge in [0.1, 0.15) is 22.2 Å². The number of rotatable bonds is 5. The fourth-order valence-electron chi connectivity index (χ4n) is 2.61. The molecule has 0 spiro atoms. The number of aliphatic imine (C=N–C) groups is 2. The molecule has 146 valence electrons. The first kappa shape index (κ1) is 20.7. The van der Waals surface area contributed by atoms with Gasteiger partial charge < -0.3 is 10.1 Å². The van der Waals surface area contributed by atoms with Crippen LogP contribution in [0, 0.1) is 0 Å². The highest BCUT2D eigenvalue weighted by Crippen LogP contribution is 2.30. The van der Waals surface area contributed by atoms with Crippen LogP contribution in [0.1, 0.15) is 19.4 Å². The molecule has 0 aromatic heterocycles. The molecular weight excluding hydrogens is 417 g/mol. The second-order valence-corrected chi connectivity index (χ2v) is 8.37. The molecule has 0 saturated carbocycles. The van der Waals surface area contributed by atoms with Crippen molar-refractivity contribution in [2.45, 2.75) is 19.5 Å². The number of carbonyl (C=O) groups is 1. The topological polar surface area (TPSA) is 63.0 Å². The van der Waals surface area contributed by atoms with Crippen LogP contribution in [0.4, 0.5) is 5.69 Å². The van der Waals surface area contributed by atoms with Gasteiger partial charge in [-0.05, 0) is 56.3 Å². The highest BCUT2D eigenvalue weighted by atomic mass is 35.5. The summed E-state index contributed by atoms with van der Waals surface area (Å²) >= 11 is 13.7. The van der Waals surface area contributed by atoms with Crippen molar-refractivity contribution in [1.82, 2.24) is 0 Å². The lowest BCUT2D eigenvalue weighted by atomic mass is 10.1. The van der Waals surface area contributed by atoms with Crippen molar-refractivity contribution in [3.8, 4) is 5.75 Å². The summed E-state index contributed by atoms with van der Waals surface area (Å²) in [5.41, 5.74) is 1.52. The molecule has 8 heteroatoms. The minimum Gasteiger partial charge on any atom is -0.497 e. The minimum atomic E-state index is -0.604. The van der Waals surface area contributed by atoms with Gasteiger partial charge in [-0.1, -0.05) is 35.0 Å². The molecule has 0 bridgehead atoms. The van der Waals surface area contributed by atoms with E-state index in [1.165, 1.54) is 11.8 Å². The number of methoxy groups -OCH3 is 1. The van der Waals surface area contributed by atoms with Crippen molar-refractivity contribution < 1.29 is 9.53 Å². The molecule has 2 aromatic rings. The smallest absolute Gasteiger partial charge is 0.234 e. The van der Waals surface area contributed by atoms with E-state index in [0.29, 0.717) is 26.5 Å². The molecule has 1 aliphatic rings. The van der Waals surface area contributed by atoms with Gasteiger partial charge in [0.2, 0.25) is 5.91 Å².